The van der Waals surface area contributed by atoms with Crippen LogP contribution in [0.4, 0.5) is 5.69 Å². The molecule has 0 amide bonds. The van der Waals surface area contributed by atoms with E-state index in [2.05, 4.69) is 51.0 Å². The fourth-order valence-corrected chi connectivity index (χ4v) is 3.23. The fourth-order valence-electron chi connectivity index (χ4n) is 2.53. The molecule has 1 aliphatic rings. The SMILES string of the molecule is C[C@@H](N)c1ccc(N(C)CCN2CCCC2)c(Br)c1. The van der Waals surface area contributed by atoms with Crippen molar-refractivity contribution in [3.8, 4) is 0 Å². The lowest BCUT2D eigenvalue weighted by Gasteiger charge is -2.24. The van der Waals surface area contributed by atoms with Crippen LogP contribution in [-0.4, -0.2) is 38.1 Å². The zero-order valence-corrected chi connectivity index (χ0v) is 13.5. The van der Waals surface area contributed by atoms with Crippen molar-refractivity contribution in [2.24, 2.45) is 5.73 Å². The number of hydrogen-bond donors (Lipinski definition) is 1. The van der Waals surface area contributed by atoms with Crippen LogP contribution in [0.15, 0.2) is 22.7 Å². The molecule has 4 heteroatoms. The van der Waals surface area contributed by atoms with E-state index in [0.717, 1.165) is 17.6 Å². The first kappa shape index (κ1) is 14.8. The summed E-state index contributed by atoms with van der Waals surface area (Å²) < 4.78 is 1.13. The van der Waals surface area contributed by atoms with Crippen LogP contribution in [0.25, 0.3) is 0 Å². The van der Waals surface area contributed by atoms with Gasteiger partial charge in [0.05, 0.1) is 5.69 Å². The Morgan fingerprint density at radius 3 is 2.63 bits per heavy atom. The third-order valence-electron chi connectivity index (χ3n) is 3.86. The predicted molar refractivity (Wildman–Crippen MR) is 85.7 cm³/mol. The molecule has 0 spiro atoms. The van der Waals surface area contributed by atoms with Gasteiger partial charge in [0.2, 0.25) is 0 Å². The molecule has 0 saturated carbocycles. The second-order valence-corrected chi connectivity index (χ2v) is 6.32. The van der Waals surface area contributed by atoms with E-state index in [1.54, 1.807) is 0 Å². The number of likely N-dealkylation sites (N-methyl/N-ethyl adjacent to an activating group) is 1. The maximum atomic E-state index is 5.91. The van der Waals surface area contributed by atoms with E-state index in [-0.39, 0.29) is 6.04 Å². The molecular formula is C15H24BrN3. The smallest absolute Gasteiger partial charge is 0.0508 e. The van der Waals surface area contributed by atoms with Crippen LogP contribution in [-0.2, 0) is 0 Å². The van der Waals surface area contributed by atoms with Crippen molar-refractivity contribution in [2.45, 2.75) is 25.8 Å². The first-order valence-corrected chi connectivity index (χ1v) is 7.86. The van der Waals surface area contributed by atoms with E-state index in [9.17, 15) is 0 Å². The van der Waals surface area contributed by atoms with Crippen molar-refractivity contribution in [1.82, 2.24) is 4.90 Å². The summed E-state index contributed by atoms with van der Waals surface area (Å²) in [6.07, 6.45) is 2.72. The summed E-state index contributed by atoms with van der Waals surface area (Å²) in [6.45, 7) is 6.75. The fraction of sp³-hybridized carbons (Fsp3) is 0.600. The molecule has 1 atom stereocenters. The van der Waals surface area contributed by atoms with Crippen molar-refractivity contribution >= 4 is 21.6 Å². The Morgan fingerprint density at radius 1 is 1.37 bits per heavy atom. The molecule has 0 bridgehead atoms. The van der Waals surface area contributed by atoms with E-state index in [1.165, 1.54) is 37.2 Å². The van der Waals surface area contributed by atoms with Gasteiger partial charge in [0.25, 0.3) is 0 Å². The molecule has 1 fully saturated rings. The van der Waals surface area contributed by atoms with Crippen LogP contribution in [0.3, 0.4) is 0 Å². The summed E-state index contributed by atoms with van der Waals surface area (Å²) in [7, 11) is 2.15. The highest BCUT2D eigenvalue weighted by atomic mass is 79.9. The summed E-state index contributed by atoms with van der Waals surface area (Å²) in [5, 5.41) is 0. The van der Waals surface area contributed by atoms with Crippen molar-refractivity contribution in [3.05, 3.63) is 28.2 Å². The van der Waals surface area contributed by atoms with Crippen molar-refractivity contribution in [2.75, 3.05) is 38.1 Å². The lowest BCUT2D eigenvalue weighted by molar-refractivity contribution is 0.346. The van der Waals surface area contributed by atoms with Crippen LogP contribution in [0, 0.1) is 0 Å². The van der Waals surface area contributed by atoms with Gasteiger partial charge in [-0.25, -0.2) is 0 Å². The minimum Gasteiger partial charge on any atom is -0.372 e. The second-order valence-electron chi connectivity index (χ2n) is 5.47. The Hall–Kier alpha value is -0.580. The molecule has 1 aromatic carbocycles. The maximum Gasteiger partial charge on any atom is 0.0508 e. The first-order chi connectivity index (χ1) is 9.08. The summed E-state index contributed by atoms with van der Waals surface area (Å²) in [4.78, 5) is 4.86. The van der Waals surface area contributed by atoms with Crippen LogP contribution < -0.4 is 10.6 Å². The molecular weight excluding hydrogens is 302 g/mol. The van der Waals surface area contributed by atoms with E-state index in [1.807, 2.05) is 6.92 Å². The monoisotopic (exact) mass is 325 g/mol. The Morgan fingerprint density at radius 2 is 2.05 bits per heavy atom. The second kappa shape index (κ2) is 6.73. The summed E-state index contributed by atoms with van der Waals surface area (Å²) in [6, 6.07) is 6.50. The summed E-state index contributed by atoms with van der Waals surface area (Å²) in [5.41, 5.74) is 8.32. The van der Waals surface area contributed by atoms with E-state index >= 15 is 0 Å². The zero-order chi connectivity index (χ0) is 13.8. The molecule has 19 heavy (non-hydrogen) atoms. The molecule has 0 unspecified atom stereocenters. The number of anilines is 1. The molecule has 0 aromatic heterocycles. The first-order valence-electron chi connectivity index (χ1n) is 7.06. The molecule has 1 aliphatic heterocycles. The average Bonchev–Trinajstić information content (AvgIpc) is 2.88. The molecule has 106 valence electrons. The largest absolute Gasteiger partial charge is 0.372 e. The molecule has 0 radical (unpaired) electrons. The Labute approximate surface area is 124 Å². The third-order valence-corrected chi connectivity index (χ3v) is 4.49. The molecule has 0 aliphatic carbocycles. The van der Waals surface area contributed by atoms with Gasteiger partial charge >= 0.3 is 0 Å². The Balaban J connectivity index is 1.96. The predicted octanol–water partition coefficient (Wildman–Crippen LogP) is 3.00. The molecule has 1 aromatic rings. The van der Waals surface area contributed by atoms with Crippen LogP contribution >= 0.6 is 15.9 Å². The van der Waals surface area contributed by atoms with E-state index in [0.29, 0.717) is 0 Å². The number of rotatable bonds is 5. The molecule has 2 N–H and O–H groups in total. The number of nitrogens with zero attached hydrogens (tertiary/aromatic N) is 2. The zero-order valence-electron chi connectivity index (χ0n) is 11.9. The van der Waals surface area contributed by atoms with Crippen molar-refractivity contribution in [3.63, 3.8) is 0 Å². The van der Waals surface area contributed by atoms with Gasteiger partial charge in [0.1, 0.15) is 0 Å². The highest BCUT2D eigenvalue weighted by Gasteiger charge is 2.13. The lowest BCUT2D eigenvalue weighted by atomic mass is 10.1. The van der Waals surface area contributed by atoms with Crippen LogP contribution in [0.1, 0.15) is 31.4 Å². The number of halogens is 1. The van der Waals surface area contributed by atoms with Crippen LogP contribution in [0.2, 0.25) is 0 Å². The summed E-state index contributed by atoms with van der Waals surface area (Å²) >= 11 is 3.66. The number of hydrogen-bond acceptors (Lipinski definition) is 3. The van der Waals surface area contributed by atoms with E-state index < -0.39 is 0 Å². The van der Waals surface area contributed by atoms with Gasteiger partial charge < -0.3 is 15.5 Å². The van der Waals surface area contributed by atoms with Gasteiger partial charge in [-0.1, -0.05) is 6.07 Å². The quantitative estimate of drug-likeness (QED) is 0.903. The third kappa shape index (κ3) is 3.94. The normalized spacial score (nSPS) is 17.7. The van der Waals surface area contributed by atoms with Gasteiger partial charge in [-0.3, -0.25) is 0 Å². The highest BCUT2D eigenvalue weighted by Crippen LogP contribution is 2.28. The number of nitrogens with two attached hydrogens (primary N) is 1. The van der Waals surface area contributed by atoms with Gasteiger partial charge in [-0.15, -0.1) is 0 Å². The van der Waals surface area contributed by atoms with Crippen molar-refractivity contribution < 1.29 is 0 Å². The average molecular weight is 326 g/mol. The van der Waals surface area contributed by atoms with E-state index in [4.69, 9.17) is 5.73 Å². The van der Waals surface area contributed by atoms with Gasteiger partial charge in [0.15, 0.2) is 0 Å². The number of benzene rings is 1. The topological polar surface area (TPSA) is 32.5 Å². The van der Waals surface area contributed by atoms with Gasteiger partial charge in [0, 0.05) is 30.7 Å². The van der Waals surface area contributed by atoms with Crippen molar-refractivity contribution in [1.29, 1.82) is 0 Å². The molecule has 1 heterocycles. The van der Waals surface area contributed by atoms with Crippen LogP contribution in [0.5, 0.6) is 0 Å². The Kier molecular flexibility index (Phi) is 5.25. The minimum atomic E-state index is 0.0836. The van der Waals surface area contributed by atoms with Gasteiger partial charge in [-0.2, -0.15) is 0 Å². The lowest BCUT2D eigenvalue weighted by Crippen LogP contribution is -2.31. The minimum absolute atomic E-state index is 0.0836. The molecule has 2 rings (SSSR count). The summed E-state index contributed by atoms with van der Waals surface area (Å²) in [5.74, 6) is 0. The standard InChI is InChI=1S/C15H24BrN3/c1-12(17)13-5-6-15(14(16)11-13)18(2)9-10-19-7-3-4-8-19/h5-6,11-12H,3-4,7-10,17H2,1-2H3/t12-/m1/s1. The maximum absolute atomic E-state index is 5.91. The highest BCUT2D eigenvalue weighted by molar-refractivity contribution is 9.10. The Bertz CT molecular complexity index is 414. The molecule has 3 nitrogen and oxygen atoms in total. The number of likely N-dealkylation sites (tertiary alicyclic amines) is 1. The molecule has 1 saturated heterocycles. The van der Waals surface area contributed by atoms with Gasteiger partial charge in [-0.05, 0) is 66.5 Å².